The number of aliphatic hydroxyl groups excluding tert-OH is 12. The molecule has 0 aromatic rings. The van der Waals surface area contributed by atoms with Gasteiger partial charge in [-0.15, -0.1) is 0 Å². The van der Waals surface area contributed by atoms with Crippen molar-refractivity contribution in [2.24, 2.45) is 3.33 Å². The zero-order chi connectivity index (χ0) is 54.3. The van der Waals surface area contributed by atoms with Gasteiger partial charge in [0.25, 0.3) is 0 Å². The van der Waals surface area contributed by atoms with Crippen LogP contribution in [0.3, 0.4) is 0 Å². The summed E-state index contributed by atoms with van der Waals surface area (Å²) in [6.45, 7) is 16.7. The first-order valence-electron chi connectivity index (χ1n) is 20.4. The van der Waals surface area contributed by atoms with Gasteiger partial charge in [-0.1, -0.05) is 273 Å². The maximum Gasteiger partial charge on any atom is 3.00 e. The quantitative estimate of drug-likeness (QED) is 0.00864. The van der Waals surface area contributed by atoms with Crippen molar-refractivity contribution in [2.75, 3.05) is 187 Å². The molecule has 2 radical (unpaired) electrons. The molecule has 0 bridgehead atoms. The SMILES string of the molecule is C.C.C.C.C.C.C.C.C.C.C.C.C.C.C.C.C.C.C.C.C.C.C.C.C.C.C.C.C.C.C.C.C.CCCOCCO.CCCOCCO.CCCOCCO.CCCOCCO.COCCO.COCCO.COCCO.COCCO.O.O.[CH2-]O.[CH2-]O.[CH2-]OCCO.[CH2-]OCCO.[CH3-].[CH3-].[CH3-].[CH3-].[N-]=[N+]=NI.[U+3].[U+3].[U].[U].[U].[U]. The first-order valence-corrected chi connectivity index (χ1v) is 21.4. The summed E-state index contributed by atoms with van der Waals surface area (Å²) < 4.78 is 48.6. The molecule has 0 aromatic carbocycles. The topological polar surface area (TPSA) is 447 Å². The van der Waals surface area contributed by atoms with Gasteiger partial charge in [-0.05, 0) is 34.5 Å². The zero-order valence-corrected chi connectivity index (χ0v) is 76.9. The predicted octanol–water partition coefficient (Wildman–Crippen LogP) is 22.8. The minimum absolute atomic E-state index is 0. The number of hydrogen-bond donors (Lipinski definition) is 12. The zero-order valence-electron chi connectivity index (χ0n) is 49.8. The molecule has 0 aliphatic heterocycles. The molecule has 0 unspecified atom stereocenters. The second-order valence-electron chi connectivity index (χ2n) is 9.64. The Morgan fingerprint density at radius 2 is 0.351 bits per heavy atom. The molecule has 16 N–H and O–H groups in total. The summed E-state index contributed by atoms with van der Waals surface area (Å²) in [5, 5.41) is 93.7. The summed E-state index contributed by atoms with van der Waals surface area (Å²) in [5.41, 5.74) is 7.33. The van der Waals surface area contributed by atoms with Crippen LogP contribution >= 0.6 is 22.9 Å². The van der Waals surface area contributed by atoms with Gasteiger partial charge < -0.3 is 149 Å². The maximum absolute atomic E-state index is 8.17. The normalized spacial score (nSPS) is 4.91. The molecule has 0 saturated carbocycles. The number of aliphatic hydroxyl groups is 12. The van der Waals surface area contributed by atoms with Crippen molar-refractivity contribution < 1.29 is 306 Å². The Bertz CT molecular complexity index is 525. The molecular formula is C77H248IN3O24U6-2. The van der Waals surface area contributed by atoms with Gasteiger partial charge in [-0.2, -0.15) is 0 Å². The number of halogens is 1. The van der Waals surface area contributed by atoms with Crippen LogP contribution < -0.4 is 0 Å². The average Bonchev–Trinajstić information content (AvgIpc) is 3.34. The smallest absolute Gasteiger partial charge is 0.569 e. The summed E-state index contributed by atoms with van der Waals surface area (Å²) in [6, 6.07) is 0. The Kier molecular flexibility index (Phi) is 3000. The average molecular weight is 3160 g/mol. The summed E-state index contributed by atoms with van der Waals surface area (Å²) in [6.07, 6.45) is 4.11. The fraction of sp³-hybridized carbons (Fsp3) is 0.896. The maximum atomic E-state index is 8.17. The Balaban J connectivity index is -0.00000000477. The number of ether oxygens (including phenoxy) is 10. The predicted molar refractivity (Wildman–Crippen MR) is 518 cm³/mol. The van der Waals surface area contributed by atoms with Gasteiger partial charge in [-0.3, -0.25) is 0 Å². The van der Waals surface area contributed by atoms with Crippen LogP contribution in [0.25, 0.3) is 10.4 Å². The third-order valence-electron chi connectivity index (χ3n) is 4.02. The van der Waals surface area contributed by atoms with Crippen LogP contribution in [-0.2, 0) is 47.4 Å². The molecule has 111 heavy (non-hydrogen) atoms. The first-order chi connectivity index (χ1) is 32.1. The van der Waals surface area contributed by atoms with Gasteiger partial charge in [0.2, 0.25) is 0 Å². The van der Waals surface area contributed by atoms with Crippen molar-refractivity contribution in [3.63, 3.8) is 0 Å². The Morgan fingerprint density at radius 1 is 0.261 bits per heavy atom. The van der Waals surface area contributed by atoms with Crippen molar-refractivity contribution in [3.05, 3.63) is 68.6 Å². The number of rotatable bonds is 28. The summed E-state index contributed by atoms with van der Waals surface area (Å²) in [4.78, 5) is 2.35. The fourth-order valence-electron chi connectivity index (χ4n) is 1.74. The van der Waals surface area contributed by atoms with E-state index in [9.17, 15) is 0 Å². The van der Waals surface area contributed by atoms with E-state index in [2.05, 4.69) is 65.1 Å². The standard InChI is InChI=1S/4C5H12O2.4C3H8O2.2C3H7O2.2CH3O.33CH4.4CH3.IN3.2H2O.6U/c4*1-2-4-7-5-3-6;6*1-5-3-2-4;2*1-2;;;;;;;;;;;;;;;;;;;;;;;;;;;;;;;;;;;;;;1-3-4-2;;;;;;;;/h4*6H,2-5H2,1H3;4*4H,2-3H2,1H3;2*4H,1-3H2;2*2H,1H2;33*1H4;4*1H3;;2*1H2;;;;;;/q;;;;;;;;4*-1;;;;;;;;;;;;;;;;;;;;;;;;;;;;;;;;;;4*-1;;;;;;;;2*+3. The number of methoxy groups -OCH3 is 4. The minimum atomic E-state index is 0. The number of hydrogen-bond acceptors (Lipinski definition) is 23. The molecular weight excluding hydrogens is 2910 g/mol. The van der Waals surface area contributed by atoms with Crippen LogP contribution in [0.4, 0.5) is 0 Å². The van der Waals surface area contributed by atoms with E-state index in [1.165, 1.54) is 0 Å². The van der Waals surface area contributed by atoms with Gasteiger partial charge in [0.15, 0.2) is 0 Å². The Hall–Kier alpha value is 5.39. The molecule has 27 nitrogen and oxygen atoms in total. The van der Waals surface area contributed by atoms with Crippen LogP contribution in [-0.4, -0.2) is 259 Å². The second kappa shape index (κ2) is 733. The van der Waals surface area contributed by atoms with E-state index >= 15 is 0 Å². The van der Waals surface area contributed by atoms with Crippen molar-refractivity contribution in [3.8, 4) is 0 Å². The molecule has 748 valence electrons. The van der Waals surface area contributed by atoms with Gasteiger partial charge in [-0.25, -0.2) is 28.4 Å². The molecule has 0 amide bonds. The summed E-state index contributed by atoms with van der Waals surface area (Å²) in [5.74, 6) is 0. The first kappa shape index (κ1) is 455. The van der Waals surface area contributed by atoms with Gasteiger partial charge in [0.1, 0.15) is 0 Å². The van der Waals surface area contributed by atoms with Crippen LogP contribution in [0.2, 0.25) is 0 Å². The monoisotopic (exact) mass is 3160 g/mol. The molecule has 0 atom stereocenters. The molecule has 0 aliphatic rings. The van der Waals surface area contributed by atoms with Crippen molar-refractivity contribution >= 4 is 22.9 Å². The Morgan fingerprint density at radius 3 is 0.378 bits per heavy atom. The molecule has 34 heteroatoms. The van der Waals surface area contributed by atoms with Gasteiger partial charge >= 0.3 is 62.2 Å². The van der Waals surface area contributed by atoms with E-state index in [1.54, 1.807) is 51.3 Å². The van der Waals surface area contributed by atoms with Gasteiger partial charge in [0, 0.05) is 220 Å². The Labute approximate surface area is 875 Å². The van der Waals surface area contributed by atoms with E-state index in [0.717, 1.165) is 52.1 Å². The summed E-state index contributed by atoms with van der Waals surface area (Å²) >= 11 is 1.56. The molecule has 0 fully saturated rings. The second-order valence-corrected chi connectivity index (χ2v) is 10.1. The van der Waals surface area contributed by atoms with Crippen LogP contribution in [0.5, 0.6) is 0 Å². The molecule has 0 aliphatic carbocycles. The number of azide groups is 1. The molecule has 0 aromatic heterocycles. The van der Waals surface area contributed by atoms with Crippen molar-refractivity contribution in [2.45, 2.75) is 298 Å². The molecule has 0 heterocycles. The van der Waals surface area contributed by atoms with E-state index < -0.39 is 0 Å². The largest absolute Gasteiger partial charge is 3.00 e. The van der Waals surface area contributed by atoms with Crippen LogP contribution in [0.15, 0.2) is 3.33 Å². The van der Waals surface area contributed by atoms with Crippen LogP contribution in [0.1, 0.15) is 298 Å². The van der Waals surface area contributed by atoms with Crippen LogP contribution in [0, 0.1) is 245 Å². The molecule has 0 saturated heterocycles. The summed E-state index contributed by atoms with van der Waals surface area (Å²) in [7, 11) is 16.7. The number of nitrogens with zero attached hydrogens (tertiary/aromatic N) is 3. The van der Waals surface area contributed by atoms with E-state index in [0.29, 0.717) is 66.1 Å². The minimum Gasteiger partial charge on any atom is -0.569 e. The third kappa shape index (κ3) is 1250. The van der Waals surface area contributed by atoms with E-state index in [-0.39, 0.29) is 538 Å². The molecule has 0 rings (SSSR count). The van der Waals surface area contributed by atoms with E-state index in [1.807, 2.05) is 27.7 Å². The third-order valence-corrected chi connectivity index (χ3v) is 4.22. The fourth-order valence-corrected chi connectivity index (χ4v) is 1.74. The van der Waals surface area contributed by atoms with Gasteiger partial charge in [0.05, 0.1) is 119 Å². The van der Waals surface area contributed by atoms with Crippen molar-refractivity contribution in [1.29, 1.82) is 0 Å². The van der Waals surface area contributed by atoms with Crippen molar-refractivity contribution in [1.82, 2.24) is 0 Å². The molecule has 0 spiro atoms. The van der Waals surface area contributed by atoms with E-state index in [4.69, 9.17) is 85.8 Å².